The molecule has 0 aliphatic rings. The van der Waals surface area contributed by atoms with E-state index in [0.717, 1.165) is 11.3 Å². The number of aryl methyl sites for hydroxylation is 2. The topological polar surface area (TPSA) is 26.0 Å². The van der Waals surface area contributed by atoms with Gasteiger partial charge in [0.25, 0.3) is 0 Å². The Kier molecular flexibility index (Phi) is 2.46. The highest BCUT2D eigenvalue weighted by Crippen LogP contribution is 2.29. The Morgan fingerprint density at radius 1 is 0.867 bits per heavy atom. The van der Waals surface area contributed by atoms with Crippen molar-refractivity contribution >= 4 is 5.69 Å². The minimum Gasteiger partial charge on any atom is -0.398 e. The Bertz CT molecular complexity index is 486. The van der Waals surface area contributed by atoms with Crippen molar-refractivity contribution in [3.63, 3.8) is 0 Å². The van der Waals surface area contributed by atoms with Crippen molar-refractivity contribution in [2.24, 2.45) is 0 Å². The van der Waals surface area contributed by atoms with Crippen molar-refractivity contribution in [3.8, 4) is 11.1 Å². The van der Waals surface area contributed by atoms with Gasteiger partial charge in [-0.25, -0.2) is 0 Å². The van der Waals surface area contributed by atoms with Gasteiger partial charge in [0.15, 0.2) is 0 Å². The highest BCUT2D eigenvalue weighted by atomic mass is 14.6. The quantitative estimate of drug-likeness (QED) is 0.695. The summed E-state index contributed by atoms with van der Waals surface area (Å²) in [5, 5.41) is 0. The number of nitrogen functional groups attached to an aromatic ring is 1. The van der Waals surface area contributed by atoms with E-state index in [2.05, 4.69) is 32.0 Å². The highest BCUT2D eigenvalue weighted by molar-refractivity contribution is 5.78. The second-order valence-corrected chi connectivity index (χ2v) is 3.91. The molecule has 0 saturated heterocycles. The van der Waals surface area contributed by atoms with Crippen molar-refractivity contribution in [2.75, 3.05) is 5.73 Å². The van der Waals surface area contributed by atoms with E-state index in [0.29, 0.717) is 0 Å². The smallest absolute Gasteiger partial charge is 0.0394 e. The summed E-state index contributed by atoms with van der Waals surface area (Å²) in [5.74, 6) is 0. The van der Waals surface area contributed by atoms with E-state index in [9.17, 15) is 0 Å². The minimum atomic E-state index is 0.843. The summed E-state index contributed by atoms with van der Waals surface area (Å²) < 4.78 is 0. The molecule has 2 rings (SSSR count). The van der Waals surface area contributed by atoms with E-state index in [-0.39, 0.29) is 0 Å². The predicted octanol–water partition coefficient (Wildman–Crippen LogP) is 3.55. The van der Waals surface area contributed by atoms with E-state index < -0.39 is 0 Å². The fourth-order valence-electron chi connectivity index (χ4n) is 1.78. The Balaban J connectivity index is 2.64. The van der Waals surface area contributed by atoms with Crippen molar-refractivity contribution in [1.29, 1.82) is 0 Å². The molecule has 15 heavy (non-hydrogen) atoms. The van der Waals surface area contributed by atoms with Crippen molar-refractivity contribution in [3.05, 3.63) is 53.6 Å². The molecule has 0 aliphatic carbocycles. The molecule has 0 amide bonds. The molecule has 0 aliphatic heterocycles. The van der Waals surface area contributed by atoms with Crippen molar-refractivity contribution in [1.82, 2.24) is 0 Å². The molecule has 1 heteroatoms. The zero-order chi connectivity index (χ0) is 10.8. The first-order valence-corrected chi connectivity index (χ1v) is 5.10. The van der Waals surface area contributed by atoms with E-state index in [1.54, 1.807) is 0 Å². The lowest BCUT2D eigenvalue weighted by atomic mass is 9.98. The van der Waals surface area contributed by atoms with Crippen LogP contribution in [0, 0.1) is 13.8 Å². The van der Waals surface area contributed by atoms with Gasteiger partial charge in [0.05, 0.1) is 0 Å². The van der Waals surface area contributed by atoms with Crippen LogP contribution in [0.15, 0.2) is 42.5 Å². The van der Waals surface area contributed by atoms with Gasteiger partial charge in [-0.2, -0.15) is 0 Å². The summed E-state index contributed by atoms with van der Waals surface area (Å²) in [6, 6.07) is 14.5. The van der Waals surface area contributed by atoms with Crippen LogP contribution in [-0.4, -0.2) is 0 Å². The van der Waals surface area contributed by atoms with Gasteiger partial charge in [0.1, 0.15) is 0 Å². The first-order chi connectivity index (χ1) is 7.18. The van der Waals surface area contributed by atoms with Gasteiger partial charge in [-0.1, -0.05) is 35.9 Å². The van der Waals surface area contributed by atoms with Crippen LogP contribution in [0.1, 0.15) is 11.1 Å². The molecule has 0 bridgehead atoms. The van der Waals surface area contributed by atoms with Crippen LogP contribution in [0.3, 0.4) is 0 Å². The number of hydrogen-bond acceptors (Lipinski definition) is 1. The summed E-state index contributed by atoms with van der Waals surface area (Å²) in [5.41, 5.74) is 11.7. The standard InChI is InChI=1S/C14H15N/c1-10-7-8-14(15)13(9-10)12-6-4-3-5-11(12)2/h3-9H,15H2,1-2H3. The second-order valence-electron chi connectivity index (χ2n) is 3.91. The number of hydrogen-bond donors (Lipinski definition) is 1. The predicted molar refractivity (Wildman–Crippen MR) is 65.8 cm³/mol. The molecule has 0 radical (unpaired) electrons. The van der Waals surface area contributed by atoms with Crippen molar-refractivity contribution < 1.29 is 0 Å². The molecule has 0 saturated carbocycles. The average Bonchev–Trinajstić information content (AvgIpc) is 2.23. The zero-order valence-corrected chi connectivity index (χ0v) is 9.12. The maximum absolute atomic E-state index is 5.99. The highest BCUT2D eigenvalue weighted by Gasteiger charge is 2.04. The maximum atomic E-state index is 5.99. The second kappa shape index (κ2) is 3.77. The van der Waals surface area contributed by atoms with Gasteiger partial charge in [0, 0.05) is 11.3 Å². The molecule has 76 valence electrons. The van der Waals surface area contributed by atoms with E-state index in [1.165, 1.54) is 16.7 Å². The van der Waals surface area contributed by atoms with Crippen LogP contribution in [0.2, 0.25) is 0 Å². The molecule has 0 fully saturated rings. The molecule has 0 unspecified atom stereocenters. The van der Waals surface area contributed by atoms with Gasteiger partial charge in [-0.15, -0.1) is 0 Å². The maximum Gasteiger partial charge on any atom is 0.0394 e. The zero-order valence-electron chi connectivity index (χ0n) is 9.12. The first kappa shape index (κ1) is 9.78. The number of nitrogens with two attached hydrogens (primary N) is 1. The van der Waals surface area contributed by atoms with Gasteiger partial charge in [-0.3, -0.25) is 0 Å². The molecule has 2 aromatic carbocycles. The normalized spacial score (nSPS) is 10.3. The largest absolute Gasteiger partial charge is 0.398 e. The van der Waals surface area contributed by atoms with Crippen LogP contribution >= 0.6 is 0 Å². The van der Waals surface area contributed by atoms with Gasteiger partial charge in [-0.05, 0) is 37.1 Å². The fraction of sp³-hybridized carbons (Fsp3) is 0.143. The third-order valence-corrected chi connectivity index (χ3v) is 2.64. The van der Waals surface area contributed by atoms with E-state index >= 15 is 0 Å². The molecule has 0 heterocycles. The van der Waals surface area contributed by atoms with Crippen LogP contribution in [0.25, 0.3) is 11.1 Å². The van der Waals surface area contributed by atoms with Gasteiger partial charge in [0.2, 0.25) is 0 Å². The number of benzene rings is 2. The average molecular weight is 197 g/mol. The third-order valence-electron chi connectivity index (χ3n) is 2.64. The van der Waals surface area contributed by atoms with E-state index in [1.807, 2.05) is 24.3 Å². The lowest BCUT2D eigenvalue weighted by Crippen LogP contribution is -1.92. The molecular weight excluding hydrogens is 182 g/mol. The summed E-state index contributed by atoms with van der Waals surface area (Å²) in [6.07, 6.45) is 0. The number of anilines is 1. The Morgan fingerprint density at radius 3 is 2.33 bits per heavy atom. The lowest BCUT2D eigenvalue weighted by Gasteiger charge is -2.09. The molecule has 1 nitrogen and oxygen atoms in total. The van der Waals surface area contributed by atoms with Crippen LogP contribution < -0.4 is 5.73 Å². The first-order valence-electron chi connectivity index (χ1n) is 5.10. The monoisotopic (exact) mass is 197 g/mol. The SMILES string of the molecule is Cc1ccc(N)c(-c2ccccc2C)c1. The minimum absolute atomic E-state index is 0.843. The fourth-order valence-corrected chi connectivity index (χ4v) is 1.78. The molecule has 0 spiro atoms. The van der Waals surface area contributed by atoms with Crippen LogP contribution in [-0.2, 0) is 0 Å². The summed E-state index contributed by atoms with van der Waals surface area (Å²) in [4.78, 5) is 0. The molecule has 0 aromatic heterocycles. The molecule has 0 atom stereocenters. The Morgan fingerprint density at radius 2 is 1.60 bits per heavy atom. The van der Waals surface area contributed by atoms with Gasteiger partial charge < -0.3 is 5.73 Å². The summed E-state index contributed by atoms with van der Waals surface area (Å²) in [6.45, 7) is 4.19. The van der Waals surface area contributed by atoms with Gasteiger partial charge >= 0.3 is 0 Å². The van der Waals surface area contributed by atoms with Crippen LogP contribution in [0.4, 0.5) is 5.69 Å². The Hall–Kier alpha value is -1.76. The van der Waals surface area contributed by atoms with E-state index in [4.69, 9.17) is 5.73 Å². The number of rotatable bonds is 1. The molecule has 2 N–H and O–H groups in total. The Labute approximate surface area is 90.6 Å². The third kappa shape index (κ3) is 1.86. The van der Waals surface area contributed by atoms with Crippen molar-refractivity contribution in [2.45, 2.75) is 13.8 Å². The van der Waals surface area contributed by atoms with Crippen LogP contribution in [0.5, 0.6) is 0 Å². The summed E-state index contributed by atoms with van der Waals surface area (Å²) >= 11 is 0. The molecule has 2 aromatic rings. The lowest BCUT2D eigenvalue weighted by molar-refractivity contribution is 1.43. The summed E-state index contributed by atoms with van der Waals surface area (Å²) in [7, 11) is 0. The molecular formula is C14H15N.